The molecule has 1 aliphatic carbocycles. The minimum absolute atomic E-state index is 0.0464. The molecular formula is C21H29FN6O3. The second-order valence-electron chi connectivity index (χ2n) is 8.25. The highest BCUT2D eigenvalue weighted by Crippen LogP contribution is 2.26. The van der Waals surface area contributed by atoms with Crippen molar-refractivity contribution in [2.24, 2.45) is 11.7 Å². The third-order valence-corrected chi connectivity index (χ3v) is 5.61. The SMILES string of the molecule is CC(=O)c1cn(CC(F)CCn2ccc(NC(=O)CC3CCC(N)CC3)cc2=O)nn1. The summed E-state index contributed by atoms with van der Waals surface area (Å²) in [5, 5.41) is 10.2. The molecule has 3 rings (SSSR count). The van der Waals surface area contributed by atoms with E-state index in [0.717, 1.165) is 25.7 Å². The maximum atomic E-state index is 14.3. The van der Waals surface area contributed by atoms with Gasteiger partial charge in [0.15, 0.2) is 5.78 Å². The van der Waals surface area contributed by atoms with Gasteiger partial charge in [-0.25, -0.2) is 9.07 Å². The summed E-state index contributed by atoms with van der Waals surface area (Å²) >= 11 is 0. The summed E-state index contributed by atoms with van der Waals surface area (Å²) in [5.74, 6) is -0.0132. The molecule has 2 heterocycles. The van der Waals surface area contributed by atoms with E-state index in [1.807, 2.05) is 0 Å². The number of anilines is 1. The molecule has 0 aromatic carbocycles. The fourth-order valence-electron chi connectivity index (χ4n) is 3.76. The van der Waals surface area contributed by atoms with Crippen molar-refractivity contribution in [3.8, 4) is 0 Å². The number of nitrogens with two attached hydrogens (primary N) is 1. The van der Waals surface area contributed by atoms with Crippen molar-refractivity contribution in [1.82, 2.24) is 19.6 Å². The third kappa shape index (κ3) is 6.81. The second-order valence-corrected chi connectivity index (χ2v) is 8.25. The first-order valence-corrected chi connectivity index (χ1v) is 10.6. The topological polar surface area (TPSA) is 125 Å². The minimum Gasteiger partial charge on any atom is -0.328 e. The summed E-state index contributed by atoms with van der Waals surface area (Å²) in [5.41, 5.74) is 6.21. The van der Waals surface area contributed by atoms with Crippen LogP contribution in [0, 0.1) is 5.92 Å². The fourth-order valence-corrected chi connectivity index (χ4v) is 3.76. The number of carbonyl (C=O) groups is 2. The summed E-state index contributed by atoms with van der Waals surface area (Å²) < 4.78 is 16.9. The van der Waals surface area contributed by atoms with Crippen LogP contribution < -0.4 is 16.6 Å². The molecule has 168 valence electrons. The first kappa shape index (κ1) is 22.8. The normalized spacial score (nSPS) is 19.7. The highest BCUT2D eigenvalue weighted by Gasteiger charge is 2.21. The number of carbonyl (C=O) groups excluding carboxylic acids is 2. The van der Waals surface area contributed by atoms with Gasteiger partial charge < -0.3 is 15.6 Å². The average Bonchev–Trinajstić information content (AvgIpc) is 3.18. The zero-order valence-corrected chi connectivity index (χ0v) is 17.7. The molecule has 31 heavy (non-hydrogen) atoms. The van der Waals surface area contributed by atoms with E-state index in [9.17, 15) is 18.8 Å². The van der Waals surface area contributed by atoms with Gasteiger partial charge in [-0.1, -0.05) is 5.21 Å². The number of nitrogens with zero attached hydrogens (tertiary/aromatic N) is 4. The van der Waals surface area contributed by atoms with Crippen LogP contribution in [0.1, 0.15) is 55.9 Å². The Balaban J connectivity index is 1.46. The molecule has 1 atom stereocenters. The lowest BCUT2D eigenvalue weighted by molar-refractivity contribution is -0.117. The molecule has 9 nitrogen and oxygen atoms in total. The minimum atomic E-state index is -1.25. The van der Waals surface area contributed by atoms with Gasteiger partial charge >= 0.3 is 0 Å². The smallest absolute Gasteiger partial charge is 0.252 e. The molecular weight excluding hydrogens is 403 g/mol. The number of hydrogen-bond acceptors (Lipinski definition) is 6. The predicted molar refractivity (Wildman–Crippen MR) is 113 cm³/mol. The van der Waals surface area contributed by atoms with E-state index in [4.69, 9.17) is 5.73 Å². The lowest BCUT2D eigenvalue weighted by atomic mass is 9.84. The number of alkyl halides is 1. The van der Waals surface area contributed by atoms with Crippen LogP contribution in [0.15, 0.2) is 29.3 Å². The van der Waals surface area contributed by atoms with Crippen molar-refractivity contribution in [3.63, 3.8) is 0 Å². The quantitative estimate of drug-likeness (QED) is 0.583. The number of Topliss-reactive ketones (excluding diaryl/α,β-unsaturated/α-hetero) is 1. The Morgan fingerprint density at radius 2 is 2.06 bits per heavy atom. The number of halogens is 1. The molecule has 1 unspecified atom stereocenters. The van der Waals surface area contributed by atoms with Crippen molar-refractivity contribution >= 4 is 17.4 Å². The maximum absolute atomic E-state index is 14.3. The molecule has 2 aromatic heterocycles. The third-order valence-electron chi connectivity index (χ3n) is 5.61. The lowest BCUT2D eigenvalue weighted by Gasteiger charge is -2.25. The monoisotopic (exact) mass is 432 g/mol. The Bertz CT molecular complexity index is 964. The molecule has 1 fully saturated rings. The van der Waals surface area contributed by atoms with Crippen LogP contribution in [0.25, 0.3) is 0 Å². The zero-order valence-electron chi connectivity index (χ0n) is 17.7. The molecule has 0 saturated heterocycles. The average molecular weight is 433 g/mol. The molecule has 10 heteroatoms. The van der Waals surface area contributed by atoms with Gasteiger partial charge in [0.2, 0.25) is 5.91 Å². The number of hydrogen-bond donors (Lipinski definition) is 2. The van der Waals surface area contributed by atoms with E-state index in [0.29, 0.717) is 18.0 Å². The molecule has 0 radical (unpaired) electrons. The molecule has 0 spiro atoms. The molecule has 0 bridgehead atoms. The van der Waals surface area contributed by atoms with Crippen molar-refractivity contribution in [2.45, 2.75) is 70.8 Å². The number of ketones is 1. The Kier molecular flexibility index (Phi) is 7.67. The summed E-state index contributed by atoms with van der Waals surface area (Å²) in [4.78, 5) is 35.8. The fraction of sp³-hybridized carbons (Fsp3) is 0.571. The summed E-state index contributed by atoms with van der Waals surface area (Å²) in [6, 6.07) is 3.23. The van der Waals surface area contributed by atoms with Crippen molar-refractivity contribution in [1.29, 1.82) is 0 Å². The highest BCUT2D eigenvalue weighted by molar-refractivity contribution is 5.91. The number of aryl methyl sites for hydroxylation is 1. The van der Waals surface area contributed by atoms with Crippen LogP contribution in [-0.2, 0) is 17.9 Å². The van der Waals surface area contributed by atoms with Crippen LogP contribution in [-0.4, -0.2) is 43.5 Å². The van der Waals surface area contributed by atoms with Gasteiger partial charge in [-0.05, 0) is 44.1 Å². The van der Waals surface area contributed by atoms with Crippen molar-refractivity contribution in [3.05, 3.63) is 40.6 Å². The van der Waals surface area contributed by atoms with Gasteiger partial charge in [0.25, 0.3) is 5.56 Å². The standard InChI is InChI=1S/C21H29FN6O3/c1-14(29)19-13-28(26-25-19)12-16(22)6-8-27-9-7-18(11-21(27)31)24-20(30)10-15-2-4-17(23)5-3-15/h7,9,11,13,15-17H,2-6,8,10,12,23H2,1H3,(H,24,30). The molecule has 1 saturated carbocycles. The summed E-state index contributed by atoms with van der Waals surface area (Å²) in [7, 11) is 0. The summed E-state index contributed by atoms with van der Waals surface area (Å²) in [6.07, 6.45) is 6.01. The van der Waals surface area contributed by atoms with Gasteiger partial charge in [0.1, 0.15) is 11.9 Å². The van der Waals surface area contributed by atoms with E-state index >= 15 is 0 Å². The first-order valence-electron chi connectivity index (χ1n) is 10.6. The van der Waals surface area contributed by atoms with Gasteiger partial charge in [-0.2, -0.15) is 0 Å². The van der Waals surface area contributed by atoms with E-state index in [1.54, 1.807) is 12.3 Å². The molecule has 1 amide bonds. The zero-order chi connectivity index (χ0) is 22.4. The van der Waals surface area contributed by atoms with Crippen molar-refractivity contribution < 1.29 is 14.0 Å². The molecule has 2 aromatic rings. The van der Waals surface area contributed by atoms with Gasteiger partial charge in [-0.3, -0.25) is 14.4 Å². The van der Waals surface area contributed by atoms with Crippen LogP contribution in [0.4, 0.5) is 10.1 Å². The van der Waals surface area contributed by atoms with E-state index in [-0.39, 0.29) is 48.5 Å². The Labute approximate surface area is 179 Å². The lowest BCUT2D eigenvalue weighted by Crippen LogP contribution is -2.28. The van der Waals surface area contributed by atoms with E-state index in [2.05, 4.69) is 15.6 Å². The van der Waals surface area contributed by atoms with Gasteiger partial charge in [-0.15, -0.1) is 5.10 Å². The number of rotatable bonds is 9. The van der Waals surface area contributed by atoms with Crippen LogP contribution in [0.3, 0.4) is 0 Å². The second kappa shape index (κ2) is 10.4. The Morgan fingerprint density at radius 3 is 2.71 bits per heavy atom. The van der Waals surface area contributed by atoms with Crippen LogP contribution >= 0.6 is 0 Å². The molecule has 1 aliphatic rings. The Hall–Kier alpha value is -2.88. The highest BCUT2D eigenvalue weighted by atomic mass is 19.1. The first-order chi connectivity index (χ1) is 14.8. The number of nitrogens with one attached hydrogen (secondary N) is 1. The molecule has 0 aliphatic heterocycles. The largest absolute Gasteiger partial charge is 0.328 e. The van der Waals surface area contributed by atoms with Crippen LogP contribution in [0.2, 0.25) is 0 Å². The molecule has 3 N–H and O–H groups in total. The predicted octanol–water partition coefficient (Wildman–Crippen LogP) is 1.92. The number of amides is 1. The van der Waals surface area contributed by atoms with Gasteiger partial charge in [0, 0.05) is 43.9 Å². The van der Waals surface area contributed by atoms with Crippen LogP contribution in [0.5, 0.6) is 0 Å². The van der Waals surface area contributed by atoms with Crippen molar-refractivity contribution in [2.75, 3.05) is 5.32 Å². The Morgan fingerprint density at radius 1 is 1.32 bits per heavy atom. The van der Waals surface area contributed by atoms with E-state index < -0.39 is 6.17 Å². The number of aromatic nitrogens is 4. The van der Waals surface area contributed by atoms with E-state index in [1.165, 1.54) is 28.4 Å². The maximum Gasteiger partial charge on any atom is 0.252 e. The van der Waals surface area contributed by atoms with Gasteiger partial charge in [0.05, 0.1) is 12.7 Å². The number of pyridine rings is 1. The summed E-state index contributed by atoms with van der Waals surface area (Å²) in [6.45, 7) is 1.51.